The Morgan fingerprint density at radius 1 is 1.62 bits per heavy atom. The Hall–Kier alpha value is -1.53. The molecule has 0 radical (unpaired) electrons. The van der Waals surface area contributed by atoms with Gasteiger partial charge in [0.15, 0.2) is 5.69 Å². The maximum absolute atomic E-state index is 11.9. The number of carboxylic acid groups (broad SMARTS) is 1. The van der Waals surface area contributed by atoms with Crippen molar-refractivity contribution in [3.8, 4) is 0 Å². The van der Waals surface area contributed by atoms with Crippen LogP contribution in [0.2, 0.25) is 0 Å². The van der Waals surface area contributed by atoms with Crippen molar-refractivity contribution in [2.24, 2.45) is 0 Å². The van der Waals surface area contributed by atoms with Gasteiger partial charge in [0.2, 0.25) is 0 Å². The summed E-state index contributed by atoms with van der Waals surface area (Å²) in [6, 6.07) is 0. The topological polar surface area (TPSA) is 55.1 Å². The molecule has 1 aromatic rings. The van der Waals surface area contributed by atoms with E-state index in [-0.39, 0.29) is 0 Å². The number of rotatable bonds is 2. The Morgan fingerprint density at radius 2 is 2.23 bits per heavy atom. The third-order valence-corrected chi connectivity index (χ3v) is 1.24. The Labute approximate surface area is 70.6 Å². The van der Waals surface area contributed by atoms with Crippen molar-refractivity contribution < 1.29 is 23.1 Å². The molecule has 72 valence electrons. The Balaban J connectivity index is 2.81. The predicted molar refractivity (Wildman–Crippen MR) is 34.9 cm³/mol. The summed E-state index contributed by atoms with van der Waals surface area (Å²) in [7, 11) is 0. The average molecular weight is 194 g/mol. The summed E-state index contributed by atoms with van der Waals surface area (Å²) in [4.78, 5) is 13.1. The molecule has 1 N–H and O–H groups in total. The molecule has 0 amide bonds. The monoisotopic (exact) mass is 194 g/mol. The van der Waals surface area contributed by atoms with E-state index in [2.05, 4.69) is 4.98 Å². The number of alkyl halides is 3. The van der Waals surface area contributed by atoms with Crippen molar-refractivity contribution in [2.75, 3.05) is 0 Å². The zero-order valence-corrected chi connectivity index (χ0v) is 6.25. The number of hydrogen-bond acceptors (Lipinski definition) is 2. The number of halogens is 3. The molecular formula is C6H5F3N2O2. The van der Waals surface area contributed by atoms with Crippen LogP contribution < -0.4 is 0 Å². The van der Waals surface area contributed by atoms with E-state index in [1.54, 1.807) is 0 Å². The van der Waals surface area contributed by atoms with Gasteiger partial charge in [0.05, 0.1) is 6.33 Å². The van der Waals surface area contributed by atoms with Gasteiger partial charge in [-0.1, -0.05) is 0 Å². The van der Waals surface area contributed by atoms with Gasteiger partial charge in [-0.15, -0.1) is 0 Å². The molecular weight excluding hydrogens is 189 g/mol. The largest absolute Gasteiger partial charge is 0.480 e. The SMILES string of the molecule is O=C(O)Cn1cnc(C(F)(F)F)c1. The third kappa shape index (κ3) is 2.46. The van der Waals surface area contributed by atoms with E-state index in [4.69, 9.17) is 5.11 Å². The lowest BCUT2D eigenvalue weighted by atomic mass is 10.5. The van der Waals surface area contributed by atoms with Gasteiger partial charge in [-0.3, -0.25) is 4.79 Å². The lowest BCUT2D eigenvalue weighted by molar-refractivity contribution is -0.141. The number of aromatic nitrogens is 2. The molecule has 0 aliphatic heterocycles. The van der Waals surface area contributed by atoms with Crippen LogP contribution in [0, 0.1) is 0 Å². The number of carboxylic acids is 1. The van der Waals surface area contributed by atoms with Gasteiger partial charge in [0.25, 0.3) is 0 Å². The smallest absolute Gasteiger partial charge is 0.434 e. The number of aliphatic carboxylic acids is 1. The van der Waals surface area contributed by atoms with Gasteiger partial charge in [0.1, 0.15) is 6.54 Å². The van der Waals surface area contributed by atoms with Crippen LogP contribution in [0.3, 0.4) is 0 Å². The molecule has 1 heterocycles. The predicted octanol–water partition coefficient (Wildman–Crippen LogP) is 0.987. The normalized spacial score (nSPS) is 11.6. The summed E-state index contributed by atoms with van der Waals surface area (Å²) in [5.74, 6) is -1.22. The first kappa shape index (κ1) is 9.56. The minimum atomic E-state index is -4.52. The van der Waals surface area contributed by atoms with Crippen molar-refractivity contribution in [1.29, 1.82) is 0 Å². The Morgan fingerprint density at radius 3 is 2.62 bits per heavy atom. The molecule has 13 heavy (non-hydrogen) atoms. The van der Waals surface area contributed by atoms with E-state index < -0.39 is 24.4 Å². The molecule has 0 atom stereocenters. The van der Waals surface area contributed by atoms with Crippen LogP contribution in [0.15, 0.2) is 12.5 Å². The van der Waals surface area contributed by atoms with Gasteiger partial charge in [0, 0.05) is 6.20 Å². The van der Waals surface area contributed by atoms with Crippen molar-refractivity contribution >= 4 is 5.97 Å². The molecule has 4 nitrogen and oxygen atoms in total. The summed E-state index contributed by atoms with van der Waals surface area (Å²) in [5, 5.41) is 8.25. The first-order valence-electron chi connectivity index (χ1n) is 3.20. The van der Waals surface area contributed by atoms with Gasteiger partial charge in [-0.2, -0.15) is 13.2 Å². The van der Waals surface area contributed by atoms with Gasteiger partial charge < -0.3 is 9.67 Å². The minimum absolute atomic E-state index is 0.525. The molecule has 0 fully saturated rings. The molecule has 0 aliphatic carbocycles. The summed E-state index contributed by atoms with van der Waals surface area (Å²) in [5.41, 5.74) is -1.09. The van der Waals surface area contributed by atoms with Crippen LogP contribution in [0.25, 0.3) is 0 Å². The minimum Gasteiger partial charge on any atom is -0.480 e. The van der Waals surface area contributed by atoms with Crippen LogP contribution in [0.1, 0.15) is 5.69 Å². The Kier molecular flexibility index (Phi) is 2.26. The summed E-state index contributed by atoms with van der Waals surface area (Å²) in [6.45, 7) is -0.525. The zero-order valence-electron chi connectivity index (χ0n) is 6.25. The summed E-state index contributed by atoms with van der Waals surface area (Å²) >= 11 is 0. The van der Waals surface area contributed by atoms with Crippen LogP contribution in [0.5, 0.6) is 0 Å². The molecule has 0 saturated heterocycles. The molecule has 7 heteroatoms. The maximum atomic E-state index is 11.9. The highest BCUT2D eigenvalue weighted by molar-refractivity contribution is 5.66. The second-order valence-corrected chi connectivity index (χ2v) is 2.32. The molecule has 0 unspecified atom stereocenters. The highest BCUT2D eigenvalue weighted by atomic mass is 19.4. The molecule has 0 bridgehead atoms. The van der Waals surface area contributed by atoms with E-state index >= 15 is 0 Å². The number of hydrogen-bond donors (Lipinski definition) is 1. The van der Waals surface area contributed by atoms with Crippen molar-refractivity contribution in [3.63, 3.8) is 0 Å². The fraction of sp³-hybridized carbons (Fsp3) is 0.333. The van der Waals surface area contributed by atoms with Crippen LogP contribution >= 0.6 is 0 Å². The summed E-state index contributed by atoms with van der Waals surface area (Å²) < 4.78 is 36.6. The molecule has 1 aromatic heterocycles. The van der Waals surface area contributed by atoms with E-state index in [0.717, 1.165) is 10.9 Å². The highest BCUT2D eigenvalue weighted by Gasteiger charge is 2.33. The fourth-order valence-electron chi connectivity index (χ4n) is 0.749. The maximum Gasteiger partial charge on any atom is 0.434 e. The van der Waals surface area contributed by atoms with Crippen LogP contribution in [0.4, 0.5) is 13.2 Å². The van der Waals surface area contributed by atoms with E-state index in [9.17, 15) is 18.0 Å². The third-order valence-electron chi connectivity index (χ3n) is 1.24. The molecule has 0 aromatic carbocycles. The van der Waals surface area contributed by atoms with Gasteiger partial charge >= 0.3 is 12.1 Å². The van der Waals surface area contributed by atoms with Crippen LogP contribution in [-0.4, -0.2) is 20.6 Å². The van der Waals surface area contributed by atoms with Crippen LogP contribution in [-0.2, 0) is 17.5 Å². The number of imidazole rings is 1. The first-order valence-corrected chi connectivity index (χ1v) is 3.20. The number of carbonyl (C=O) groups is 1. The molecule has 0 saturated carbocycles. The molecule has 0 aliphatic rings. The zero-order chi connectivity index (χ0) is 10.1. The van der Waals surface area contributed by atoms with Crippen molar-refractivity contribution in [2.45, 2.75) is 12.7 Å². The average Bonchev–Trinajstić information content (AvgIpc) is 2.32. The highest BCUT2D eigenvalue weighted by Crippen LogP contribution is 2.27. The van der Waals surface area contributed by atoms with Crippen molar-refractivity contribution in [3.05, 3.63) is 18.2 Å². The van der Waals surface area contributed by atoms with E-state index in [0.29, 0.717) is 6.20 Å². The lowest BCUT2D eigenvalue weighted by Crippen LogP contribution is -2.08. The fourth-order valence-corrected chi connectivity index (χ4v) is 0.749. The lowest BCUT2D eigenvalue weighted by Gasteiger charge is -1.99. The standard InChI is InChI=1S/C6H5F3N2O2/c7-6(8,9)4-1-11(3-10-4)2-5(12)13/h1,3H,2H2,(H,12,13). The van der Waals surface area contributed by atoms with E-state index in [1.165, 1.54) is 0 Å². The quantitative estimate of drug-likeness (QED) is 0.763. The molecule has 1 rings (SSSR count). The van der Waals surface area contributed by atoms with Gasteiger partial charge in [-0.25, -0.2) is 4.98 Å². The van der Waals surface area contributed by atoms with Gasteiger partial charge in [-0.05, 0) is 0 Å². The second kappa shape index (κ2) is 3.08. The van der Waals surface area contributed by atoms with Crippen molar-refractivity contribution in [1.82, 2.24) is 9.55 Å². The summed E-state index contributed by atoms with van der Waals surface area (Å²) in [6.07, 6.45) is -3.05. The first-order chi connectivity index (χ1) is 5.89. The number of nitrogens with zero attached hydrogens (tertiary/aromatic N) is 2. The molecule has 0 spiro atoms. The Bertz CT molecular complexity index is 318. The van der Waals surface area contributed by atoms with E-state index in [1.807, 2.05) is 0 Å². The second-order valence-electron chi connectivity index (χ2n) is 2.32.